The zero-order chi connectivity index (χ0) is 18.9. The lowest BCUT2D eigenvalue weighted by Crippen LogP contribution is -2.03. The van der Waals surface area contributed by atoms with Gasteiger partial charge in [-0.25, -0.2) is 4.79 Å². The minimum absolute atomic E-state index is 0.290. The summed E-state index contributed by atoms with van der Waals surface area (Å²) >= 11 is 0. The van der Waals surface area contributed by atoms with E-state index in [4.69, 9.17) is 9.47 Å². The van der Waals surface area contributed by atoms with Crippen molar-refractivity contribution in [3.8, 4) is 5.75 Å². The smallest absolute Gasteiger partial charge is 0.338 e. The van der Waals surface area contributed by atoms with Crippen LogP contribution in [0.1, 0.15) is 54.2 Å². The number of allylic oxidation sites excluding steroid dienone is 2. The fourth-order valence-corrected chi connectivity index (χ4v) is 2.52. The molecule has 0 aliphatic heterocycles. The predicted octanol–water partition coefficient (Wildman–Crippen LogP) is 6.03. The number of hydrogen-bond donors (Lipinski definition) is 0. The van der Waals surface area contributed by atoms with Gasteiger partial charge in [-0.15, -0.1) is 0 Å². The van der Waals surface area contributed by atoms with E-state index in [-0.39, 0.29) is 5.97 Å². The summed E-state index contributed by atoms with van der Waals surface area (Å²) in [7, 11) is 0. The first-order chi connectivity index (χ1) is 12.6. The first kappa shape index (κ1) is 19.5. The van der Waals surface area contributed by atoms with E-state index in [1.807, 2.05) is 43.3 Å². The summed E-state index contributed by atoms with van der Waals surface area (Å²) in [6, 6.07) is 13.5. The van der Waals surface area contributed by atoms with E-state index >= 15 is 0 Å². The minimum Gasteiger partial charge on any atom is -0.462 e. The maximum atomic E-state index is 11.7. The molecule has 2 rings (SSSR count). The molecule has 0 bridgehead atoms. The Labute approximate surface area is 156 Å². The Bertz CT molecular complexity index is 799. The lowest BCUT2D eigenvalue weighted by molar-refractivity contribution is 0.0526. The highest BCUT2D eigenvalue weighted by Crippen LogP contribution is 2.22. The highest BCUT2D eigenvalue weighted by molar-refractivity contribution is 5.89. The number of aryl methyl sites for hydroxylation is 1. The summed E-state index contributed by atoms with van der Waals surface area (Å²) in [6.45, 7) is 8.31. The van der Waals surface area contributed by atoms with Crippen molar-refractivity contribution >= 4 is 18.1 Å². The van der Waals surface area contributed by atoms with Crippen LogP contribution in [-0.4, -0.2) is 12.6 Å². The summed E-state index contributed by atoms with van der Waals surface area (Å²) in [5.74, 6) is 1.53. The van der Waals surface area contributed by atoms with Gasteiger partial charge in [0.1, 0.15) is 5.75 Å². The maximum absolute atomic E-state index is 11.7. The van der Waals surface area contributed by atoms with Crippen LogP contribution in [0.4, 0.5) is 0 Å². The number of carbonyl (C=O) groups is 1. The molecule has 0 spiro atoms. The molecule has 0 aliphatic carbocycles. The zero-order valence-electron chi connectivity index (χ0n) is 15.9. The van der Waals surface area contributed by atoms with Crippen LogP contribution >= 0.6 is 0 Å². The van der Waals surface area contributed by atoms with E-state index in [9.17, 15) is 4.79 Å². The molecular formula is C23H26O3. The molecule has 0 heterocycles. The van der Waals surface area contributed by atoms with Crippen LogP contribution in [0.5, 0.6) is 5.75 Å². The van der Waals surface area contributed by atoms with Crippen molar-refractivity contribution in [2.45, 2.75) is 34.1 Å². The summed E-state index contributed by atoms with van der Waals surface area (Å²) in [5.41, 5.74) is 3.87. The summed E-state index contributed by atoms with van der Waals surface area (Å²) in [5, 5.41) is 0. The van der Waals surface area contributed by atoms with E-state index in [0.29, 0.717) is 12.2 Å². The lowest BCUT2D eigenvalue weighted by Gasteiger charge is -2.10. The third kappa shape index (κ3) is 5.35. The molecule has 0 saturated heterocycles. The third-order valence-corrected chi connectivity index (χ3v) is 4.04. The predicted molar refractivity (Wildman–Crippen MR) is 107 cm³/mol. The van der Waals surface area contributed by atoms with Crippen LogP contribution < -0.4 is 4.74 Å². The normalized spacial score (nSPS) is 11.6. The largest absolute Gasteiger partial charge is 0.462 e. The second-order valence-corrected chi connectivity index (χ2v) is 5.90. The monoisotopic (exact) mass is 350 g/mol. The molecule has 0 fully saturated rings. The van der Waals surface area contributed by atoms with Gasteiger partial charge in [-0.3, -0.25) is 0 Å². The molecule has 0 unspecified atom stereocenters. The van der Waals surface area contributed by atoms with E-state index in [2.05, 4.69) is 26.0 Å². The number of rotatable bonds is 7. The third-order valence-electron chi connectivity index (χ3n) is 4.04. The van der Waals surface area contributed by atoms with E-state index in [0.717, 1.165) is 34.6 Å². The van der Waals surface area contributed by atoms with Crippen LogP contribution in [0.25, 0.3) is 12.2 Å². The molecule has 0 aliphatic rings. The number of carbonyl (C=O) groups excluding carboxylic acids is 1. The van der Waals surface area contributed by atoms with Crippen molar-refractivity contribution in [2.75, 3.05) is 6.61 Å². The van der Waals surface area contributed by atoms with Gasteiger partial charge in [0.05, 0.1) is 17.9 Å². The molecule has 3 nitrogen and oxygen atoms in total. The SMILES string of the molecule is CC=C(CC)Oc1ccc(C=Cc2ccc(C(=O)OCC)cc2)c(C)c1. The molecule has 0 saturated carbocycles. The summed E-state index contributed by atoms with van der Waals surface area (Å²) < 4.78 is 10.9. The molecule has 0 amide bonds. The quantitative estimate of drug-likeness (QED) is 0.347. The van der Waals surface area contributed by atoms with Gasteiger partial charge in [-0.05, 0) is 67.8 Å². The van der Waals surface area contributed by atoms with Gasteiger partial charge in [0.15, 0.2) is 0 Å². The number of hydrogen-bond acceptors (Lipinski definition) is 3. The van der Waals surface area contributed by atoms with Crippen LogP contribution in [0.15, 0.2) is 54.3 Å². The Kier molecular flexibility index (Phi) is 7.22. The Hall–Kier alpha value is -2.81. The van der Waals surface area contributed by atoms with Crippen molar-refractivity contribution in [1.82, 2.24) is 0 Å². The highest BCUT2D eigenvalue weighted by Gasteiger charge is 2.05. The average Bonchev–Trinajstić information content (AvgIpc) is 2.66. The van der Waals surface area contributed by atoms with Gasteiger partial charge in [0.25, 0.3) is 0 Å². The van der Waals surface area contributed by atoms with Crippen LogP contribution in [-0.2, 0) is 4.74 Å². The van der Waals surface area contributed by atoms with Crippen molar-refractivity contribution in [1.29, 1.82) is 0 Å². The molecule has 0 N–H and O–H groups in total. The molecule has 0 radical (unpaired) electrons. The topological polar surface area (TPSA) is 35.5 Å². The first-order valence-corrected chi connectivity index (χ1v) is 8.96. The molecule has 136 valence electrons. The van der Waals surface area contributed by atoms with E-state index < -0.39 is 0 Å². The number of esters is 1. The number of ether oxygens (including phenoxy) is 2. The Morgan fingerprint density at radius 3 is 2.35 bits per heavy atom. The van der Waals surface area contributed by atoms with Crippen LogP contribution in [0.2, 0.25) is 0 Å². The van der Waals surface area contributed by atoms with Crippen molar-refractivity contribution in [3.05, 3.63) is 76.6 Å². The molecular weight excluding hydrogens is 324 g/mol. The Morgan fingerprint density at radius 1 is 1.04 bits per heavy atom. The van der Waals surface area contributed by atoms with Gasteiger partial charge in [-0.1, -0.05) is 37.3 Å². The lowest BCUT2D eigenvalue weighted by atomic mass is 10.1. The van der Waals surface area contributed by atoms with Crippen LogP contribution in [0, 0.1) is 6.92 Å². The molecule has 0 atom stereocenters. The molecule has 2 aromatic carbocycles. The van der Waals surface area contributed by atoms with Gasteiger partial charge < -0.3 is 9.47 Å². The maximum Gasteiger partial charge on any atom is 0.338 e. The average molecular weight is 350 g/mol. The summed E-state index contributed by atoms with van der Waals surface area (Å²) in [4.78, 5) is 11.7. The Balaban J connectivity index is 2.09. The molecule has 0 aromatic heterocycles. The minimum atomic E-state index is -0.290. The fraction of sp³-hybridized carbons (Fsp3) is 0.261. The number of benzene rings is 2. The molecule has 26 heavy (non-hydrogen) atoms. The van der Waals surface area contributed by atoms with Gasteiger partial charge >= 0.3 is 5.97 Å². The Morgan fingerprint density at radius 2 is 1.77 bits per heavy atom. The van der Waals surface area contributed by atoms with Gasteiger partial charge in [-0.2, -0.15) is 0 Å². The van der Waals surface area contributed by atoms with E-state index in [1.54, 1.807) is 19.1 Å². The highest BCUT2D eigenvalue weighted by atomic mass is 16.5. The van der Waals surface area contributed by atoms with Gasteiger partial charge in [0.2, 0.25) is 0 Å². The van der Waals surface area contributed by atoms with Crippen LogP contribution in [0.3, 0.4) is 0 Å². The molecule has 3 heteroatoms. The van der Waals surface area contributed by atoms with E-state index in [1.165, 1.54) is 0 Å². The van der Waals surface area contributed by atoms with Gasteiger partial charge in [0, 0.05) is 6.42 Å². The molecule has 2 aromatic rings. The van der Waals surface area contributed by atoms with Crippen molar-refractivity contribution in [2.24, 2.45) is 0 Å². The fourth-order valence-electron chi connectivity index (χ4n) is 2.52. The second-order valence-electron chi connectivity index (χ2n) is 5.90. The van der Waals surface area contributed by atoms with Crippen molar-refractivity contribution < 1.29 is 14.3 Å². The summed E-state index contributed by atoms with van der Waals surface area (Å²) in [6.07, 6.45) is 6.96. The first-order valence-electron chi connectivity index (χ1n) is 8.96. The van der Waals surface area contributed by atoms with Crippen molar-refractivity contribution in [3.63, 3.8) is 0 Å². The second kappa shape index (κ2) is 9.62. The standard InChI is InChI=1S/C23H26O3/c1-5-21(6-2)26-22-15-14-19(17(4)16-22)11-8-18-9-12-20(13-10-18)23(24)25-7-3/h5,8-16H,6-7H2,1-4H3. The zero-order valence-corrected chi connectivity index (χ0v) is 15.9.